The average molecular weight is 350 g/mol. The molecule has 1 aromatic heterocycles. The van der Waals surface area contributed by atoms with Crippen molar-refractivity contribution in [3.05, 3.63) is 46.8 Å². The third kappa shape index (κ3) is 4.42. The lowest BCUT2D eigenvalue weighted by atomic mass is 10.1. The van der Waals surface area contributed by atoms with E-state index in [9.17, 15) is 13.2 Å². The van der Waals surface area contributed by atoms with E-state index in [0.29, 0.717) is 19.4 Å². The van der Waals surface area contributed by atoms with Crippen LogP contribution in [0.15, 0.2) is 29.2 Å². The molecule has 0 radical (unpaired) electrons. The van der Waals surface area contributed by atoms with Gasteiger partial charge < -0.3 is 5.32 Å². The number of aryl methyl sites for hydroxylation is 2. The number of nitrogens with two attached hydrogens (primary N) is 1. The van der Waals surface area contributed by atoms with Gasteiger partial charge in [0.25, 0.3) is 0 Å². The van der Waals surface area contributed by atoms with Gasteiger partial charge in [-0.2, -0.15) is 5.10 Å². The van der Waals surface area contributed by atoms with Crippen molar-refractivity contribution in [1.29, 1.82) is 0 Å². The van der Waals surface area contributed by atoms with E-state index < -0.39 is 10.0 Å². The zero-order valence-corrected chi connectivity index (χ0v) is 14.9. The van der Waals surface area contributed by atoms with Gasteiger partial charge in [-0.3, -0.25) is 9.48 Å². The minimum atomic E-state index is -3.67. The molecule has 0 atom stereocenters. The van der Waals surface area contributed by atoms with Crippen molar-refractivity contribution in [3.8, 4) is 0 Å². The number of hydrogen-bond donors (Lipinski definition) is 2. The highest BCUT2D eigenvalue weighted by molar-refractivity contribution is 7.89. The third-order valence-corrected chi connectivity index (χ3v) is 4.91. The molecule has 1 amide bonds. The monoisotopic (exact) mass is 350 g/mol. The molecule has 0 aliphatic heterocycles. The summed E-state index contributed by atoms with van der Waals surface area (Å²) in [6.45, 7) is 4.31. The van der Waals surface area contributed by atoms with Gasteiger partial charge in [0, 0.05) is 24.8 Å². The summed E-state index contributed by atoms with van der Waals surface area (Å²) in [5, 5.41) is 12.2. The normalized spacial score (nSPS) is 11.5. The molecule has 24 heavy (non-hydrogen) atoms. The van der Waals surface area contributed by atoms with Crippen molar-refractivity contribution < 1.29 is 13.2 Å². The molecule has 1 aromatic carbocycles. The van der Waals surface area contributed by atoms with Gasteiger partial charge in [0.15, 0.2) is 0 Å². The van der Waals surface area contributed by atoms with Gasteiger partial charge in [-0.25, -0.2) is 13.6 Å². The van der Waals surface area contributed by atoms with Crippen molar-refractivity contribution in [2.24, 2.45) is 12.2 Å². The number of primary sulfonamides is 1. The second kappa shape index (κ2) is 7.14. The first-order chi connectivity index (χ1) is 11.2. The molecule has 0 aliphatic rings. The van der Waals surface area contributed by atoms with Crippen molar-refractivity contribution >= 4 is 15.9 Å². The Morgan fingerprint density at radius 1 is 1.25 bits per heavy atom. The van der Waals surface area contributed by atoms with Crippen molar-refractivity contribution in [2.75, 3.05) is 6.54 Å². The molecule has 0 unspecified atom stereocenters. The third-order valence-electron chi connectivity index (χ3n) is 3.98. The Bertz CT molecular complexity index is 839. The predicted octanol–water partition coefficient (Wildman–Crippen LogP) is 0.586. The number of hydrogen-bond acceptors (Lipinski definition) is 4. The van der Waals surface area contributed by atoms with Crippen LogP contribution in [0.4, 0.5) is 0 Å². The fourth-order valence-electron chi connectivity index (χ4n) is 2.49. The fourth-order valence-corrected chi connectivity index (χ4v) is 3.00. The first-order valence-corrected chi connectivity index (χ1v) is 9.10. The smallest absolute Gasteiger partial charge is 0.238 e. The Morgan fingerprint density at radius 2 is 1.88 bits per heavy atom. The molecule has 0 bridgehead atoms. The van der Waals surface area contributed by atoms with Crippen LogP contribution in [0.5, 0.6) is 0 Å². The second-order valence-corrected chi connectivity index (χ2v) is 7.30. The number of carbonyl (C=O) groups excluding carboxylic acids is 1. The zero-order chi connectivity index (χ0) is 17.9. The van der Waals surface area contributed by atoms with Gasteiger partial charge >= 0.3 is 0 Å². The van der Waals surface area contributed by atoms with E-state index in [-0.39, 0.29) is 10.8 Å². The van der Waals surface area contributed by atoms with Crippen molar-refractivity contribution in [1.82, 2.24) is 15.1 Å². The van der Waals surface area contributed by atoms with Gasteiger partial charge in [0.05, 0.1) is 17.0 Å². The van der Waals surface area contributed by atoms with Crippen LogP contribution >= 0.6 is 0 Å². The van der Waals surface area contributed by atoms with Gasteiger partial charge in [-0.05, 0) is 38.0 Å². The van der Waals surface area contributed by atoms with Gasteiger partial charge in [0.2, 0.25) is 15.9 Å². The lowest BCUT2D eigenvalue weighted by molar-refractivity contribution is -0.120. The number of amides is 1. The number of nitrogens with zero attached hydrogens (tertiary/aromatic N) is 2. The molecule has 0 spiro atoms. The van der Waals surface area contributed by atoms with E-state index in [0.717, 1.165) is 22.5 Å². The molecule has 0 saturated carbocycles. The van der Waals surface area contributed by atoms with Crippen LogP contribution in [0.3, 0.4) is 0 Å². The Morgan fingerprint density at radius 3 is 2.38 bits per heavy atom. The minimum Gasteiger partial charge on any atom is -0.355 e. The summed E-state index contributed by atoms with van der Waals surface area (Å²) < 4.78 is 24.2. The first kappa shape index (κ1) is 18.2. The number of aromatic nitrogens is 2. The van der Waals surface area contributed by atoms with Crippen LogP contribution in [0.25, 0.3) is 0 Å². The molecular formula is C16H22N4O3S. The molecule has 2 aromatic rings. The molecule has 7 nitrogen and oxygen atoms in total. The SMILES string of the molecule is Cc1nn(C)c(C)c1CC(=O)NCCc1ccc(S(N)(=O)=O)cc1. The number of benzene rings is 1. The number of rotatable bonds is 6. The highest BCUT2D eigenvalue weighted by atomic mass is 32.2. The maximum atomic E-state index is 12.1. The lowest BCUT2D eigenvalue weighted by Crippen LogP contribution is -2.27. The largest absolute Gasteiger partial charge is 0.355 e. The summed E-state index contributed by atoms with van der Waals surface area (Å²) in [5.74, 6) is -0.0599. The Labute approximate surface area is 141 Å². The Balaban J connectivity index is 1.86. The maximum Gasteiger partial charge on any atom is 0.238 e. The Hall–Kier alpha value is -2.19. The molecule has 8 heteroatoms. The highest BCUT2D eigenvalue weighted by Crippen LogP contribution is 2.12. The molecule has 0 fully saturated rings. The molecular weight excluding hydrogens is 328 g/mol. The van der Waals surface area contributed by atoms with Crippen LogP contribution in [-0.4, -0.2) is 30.7 Å². The molecule has 2 rings (SSSR count). The van der Waals surface area contributed by atoms with Crippen molar-refractivity contribution in [2.45, 2.75) is 31.6 Å². The van der Waals surface area contributed by atoms with E-state index in [1.54, 1.807) is 16.8 Å². The standard InChI is InChI=1S/C16H22N4O3S/c1-11-15(12(2)20(3)19-11)10-16(21)18-9-8-13-4-6-14(7-5-13)24(17,22)23/h4-7H,8-10H2,1-3H3,(H,18,21)(H2,17,22,23). The van der Waals surface area contributed by atoms with Crippen LogP contribution in [0.1, 0.15) is 22.5 Å². The first-order valence-electron chi connectivity index (χ1n) is 7.56. The number of sulfonamides is 1. The summed E-state index contributed by atoms with van der Waals surface area (Å²) in [5.41, 5.74) is 3.73. The van der Waals surface area contributed by atoms with E-state index in [4.69, 9.17) is 5.14 Å². The van der Waals surface area contributed by atoms with Gasteiger partial charge in [0.1, 0.15) is 0 Å². The summed E-state index contributed by atoms with van der Waals surface area (Å²) >= 11 is 0. The van der Waals surface area contributed by atoms with Crippen LogP contribution in [0, 0.1) is 13.8 Å². The van der Waals surface area contributed by atoms with Gasteiger partial charge in [-0.15, -0.1) is 0 Å². The minimum absolute atomic E-state index is 0.0599. The summed E-state index contributed by atoms with van der Waals surface area (Å²) in [4.78, 5) is 12.1. The molecule has 0 saturated heterocycles. The van der Waals surface area contributed by atoms with E-state index in [1.807, 2.05) is 20.9 Å². The highest BCUT2D eigenvalue weighted by Gasteiger charge is 2.13. The summed E-state index contributed by atoms with van der Waals surface area (Å²) in [7, 11) is -1.82. The van der Waals surface area contributed by atoms with Gasteiger partial charge in [-0.1, -0.05) is 12.1 Å². The maximum absolute atomic E-state index is 12.1. The number of nitrogens with one attached hydrogen (secondary N) is 1. The molecule has 130 valence electrons. The van der Waals surface area contributed by atoms with E-state index >= 15 is 0 Å². The quantitative estimate of drug-likeness (QED) is 0.795. The Kier molecular flexibility index (Phi) is 5.40. The topological polar surface area (TPSA) is 107 Å². The average Bonchev–Trinajstić information content (AvgIpc) is 2.73. The molecule has 0 aliphatic carbocycles. The van der Waals surface area contributed by atoms with E-state index in [1.165, 1.54) is 12.1 Å². The van der Waals surface area contributed by atoms with Crippen LogP contribution < -0.4 is 10.5 Å². The zero-order valence-electron chi connectivity index (χ0n) is 14.0. The summed E-state index contributed by atoms with van der Waals surface area (Å²) in [6.07, 6.45) is 0.914. The second-order valence-electron chi connectivity index (χ2n) is 5.74. The molecule has 1 heterocycles. The van der Waals surface area contributed by atoms with Crippen LogP contribution in [-0.2, 0) is 34.7 Å². The predicted molar refractivity (Wildman–Crippen MR) is 90.9 cm³/mol. The number of carbonyl (C=O) groups is 1. The molecule has 3 N–H and O–H groups in total. The van der Waals surface area contributed by atoms with E-state index in [2.05, 4.69) is 10.4 Å². The summed E-state index contributed by atoms with van der Waals surface area (Å²) in [6, 6.07) is 6.33. The lowest BCUT2D eigenvalue weighted by Gasteiger charge is -2.07. The van der Waals surface area contributed by atoms with Crippen molar-refractivity contribution in [3.63, 3.8) is 0 Å². The van der Waals surface area contributed by atoms with Crippen LogP contribution in [0.2, 0.25) is 0 Å². The fraction of sp³-hybridized carbons (Fsp3) is 0.375.